The van der Waals surface area contributed by atoms with Gasteiger partial charge in [-0.05, 0) is 49.9 Å². The van der Waals surface area contributed by atoms with Gasteiger partial charge in [-0.25, -0.2) is 0 Å². The van der Waals surface area contributed by atoms with Gasteiger partial charge >= 0.3 is 5.97 Å². The molecule has 2 saturated carbocycles. The Labute approximate surface area is 199 Å². The number of benzene rings is 2. The van der Waals surface area contributed by atoms with Gasteiger partial charge in [-0.2, -0.15) is 0 Å². The number of carbonyl (C=O) groups excluding carboxylic acids is 3. The van der Waals surface area contributed by atoms with E-state index in [1.165, 1.54) is 7.11 Å². The van der Waals surface area contributed by atoms with Crippen molar-refractivity contribution in [1.82, 2.24) is 10.6 Å². The zero-order valence-corrected chi connectivity index (χ0v) is 19.3. The van der Waals surface area contributed by atoms with E-state index in [1.54, 1.807) is 36.4 Å². The lowest BCUT2D eigenvalue weighted by Gasteiger charge is -2.08. The molecule has 0 aliphatic heterocycles. The second-order valence-corrected chi connectivity index (χ2v) is 8.33. The van der Waals surface area contributed by atoms with Crippen LogP contribution in [0.4, 0.5) is 0 Å². The molecule has 34 heavy (non-hydrogen) atoms. The summed E-state index contributed by atoms with van der Waals surface area (Å²) in [6.45, 7) is 0.692. The van der Waals surface area contributed by atoms with Crippen LogP contribution in [0.3, 0.4) is 0 Å². The van der Waals surface area contributed by atoms with Crippen LogP contribution in [0, 0.1) is 0 Å². The largest absolute Gasteiger partial charge is 0.468 e. The van der Waals surface area contributed by atoms with Gasteiger partial charge in [0.05, 0.1) is 18.3 Å². The van der Waals surface area contributed by atoms with E-state index in [0.29, 0.717) is 24.2 Å². The number of hydrogen-bond acceptors (Lipinski definition) is 7. The van der Waals surface area contributed by atoms with Crippen molar-refractivity contribution in [3.63, 3.8) is 0 Å². The maximum Gasteiger partial charge on any atom is 0.325 e. The van der Waals surface area contributed by atoms with Crippen LogP contribution in [0.15, 0.2) is 60.7 Å². The molecule has 2 aliphatic carbocycles. The van der Waals surface area contributed by atoms with Crippen LogP contribution in [0.5, 0.6) is 0 Å². The molecule has 2 aliphatic rings. The summed E-state index contributed by atoms with van der Waals surface area (Å²) in [4.78, 5) is 33.6. The number of ether oxygens (including phenoxy) is 1. The van der Waals surface area contributed by atoms with Gasteiger partial charge in [0.1, 0.15) is 6.54 Å². The fourth-order valence-corrected chi connectivity index (χ4v) is 2.52. The summed E-state index contributed by atoms with van der Waals surface area (Å²) in [5.41, 5.74) is 5.23. The van der Waals surface area contributed by atoms with E-state index < -0.39 is 17.2 Å². The molecule has 2 aromatic rings. The molecule has 0 radical (unpaired) electrons. The molecule has 9 heteroatoms. The number of aliphatic hydroxyl groups is 2. The molecule has 0 bridgehead atoms. The molecule has 4 rings (SSSR count). The molecule has 184 valence electrons. The number of esters is 1. The quantitative estimate of drug-likeness (QED) is 0.378. The Morgan fingerprint density at radius 1 is 0.824 bits per heavy atom. The minimum atomic E-state index is -0.621. The molecule has 0 unspecified atom stereocenters. The summed E-state index contributed by atoms with van der Waals surface area (Å²) in [5.74, 6) is -0.865. The molecular formula is C25H33N3O6. The highest BCUT2D eigenvalue weighted by Gasteiger charge is 2.40. The van der Waals surface area contributed by atoms with Gasteiger partial charge in [0.25, 0.3) is 11.8 Å². The SMILES string of the molecule is COC(=O)CNC(=O)c1ccccc1.NCC1(O)CC1.O=C(NCC1(O)CC1)c1ccccc1. The number of carbonyl (C=O) groups is 3. The molecule has 6 N–H and O–H groups in total. The van der Waals surface area contributed by atoms with Gasteiger partial charge in [0.2, 0.25) is 0 Å². The Morgan fingerprint density at radius 2 is 1.26 bits per heavy atom. The van der Waals surface area contributed by atoms with Crippen molar-refractivity contribution in [2.24, 2.45) is 5.73 Å². The van der Waals surface area contributed by atoms with Gasteiger partial charge < -0.3 is 31.3 Å². The fourth-order valence-electron chi connectivity index (χ4n) is 2.52. The van der Waals surface area contributed by atoms with Crippen LogP contribution in [0.2, 0.25) is 0 Å². The average molecular weight is 472 g/mol. The number of rotatable bonds is 7. The molecule has 9 nitrogen and oxygen atoms in total. The molecular weight excluding hydrogens is 438 g/mol. The smallest absolute Gasteiger partial charge is 0.325 e. The Balaban J connectivity index is 0.000000194. The van der Waals surface area contributed by atoms with Gasteiger partial charge in [-0.15, -0.1) is 0 Å². The highest BCUT2D eigenvalue weighted by atomic mass is 16.5. The van der Waals surface area contributed by atoms with Crippen LogP contribution >= 0.6 is 0 Å². The van der Waals surface area contributed by atoms with Crippen molar-refractivity contribution < 1.29 is 29.3 Å². The van der Waals surface area contributed by atoms with Gasteiger partial charge in [0.15, 0.2) is 0 Å². The first kappa shape index (κ1) is 27.0. The van der Waals surface area contributed by atoms with Gasteiger partial charge in [-0.1, -0.05) is 36.4 Å². The molecule has 2 amide bonds. The third-order valence-electron chi connectivity index (χ3n) is 5.31. The van der Waals surface area contributed by atoms with Crippen molar-refractivity contribution in [2.45, 2.75) is 36.9 Å². The van der Waals surface area contributed by atoms with Gasteiger partial charge in [-0.3, -0.25) is 14.4 Å². The first-order valence-electron chi connectivity index (χ1n) is 11.1. The Kier molecular flexibility index (Phi) is 10.2. The topological polar surface area (TPSA) is 151 Å². The fraction of sp³-hybridized carbons (Fsp3) is 0.400. The van der Waals surface area contributed by atoms with Crippen molar-refractivity contribution in [1.29, 1.82) is 0 Å². The van der Waals surface area contributed by atoms with Crippen molar-refractivity contribution >= 4 is 17.8 Å². The Bertz CT molecular complexity index is 928. The predicted octanol–water partition coefficient (Wildman–Crippen LogP) is 1.00. The number of methoxy groups -OCH3 is 1. The zero-order valence-electron chi connectivity index (χ0n) is 19.3. The average Bonchev–Trinajstić information content (AvgIpc) is 3.81. The van der Waals surface area contributed by atoms with E-state index >= 15 is 0 Å². The third-order valence-corrected chi connectivity index (χ3v) is 5.31. The highest BCUT2D eigenvalue weighted by molar-refractivity contribution is 5.95. The van der Waals surface area contributed by atoms with Crippen LogP contribution in [-0.2, 0) is 9.53 Å². The lowest BCUT2D eigenvalue weighted by Crippen LogP contribution is -2.33. The lowest BCUT2D eigenvalue weighted by atomic mass is 10.2. The number of nitrogens with one attached hydrogen (secondary N) is 2. The van der Waals surface area contributed by atoms with Crippen molar-refractivity contribution in [3.05, 3.63) is 71.8 Å². The molecule has 0 atom stereocenters. The number of amides is 2. The second kappa shape index (κ2) is 12.8. The molecule has 0 spiro atoms. The minimum absolute atomic E-state index is 0.107. The summed E-state index contributed by atoms with van der Waals surface area (Å²) < 4.78 is 4.38. The minimum Gasteiger partial charge on any atom is -0.468 e. The molecule has 2 fully saturated rings. The molecule has 0 heterocycles. The number of nitrogens with two attached hydrogens (primary N) is 1. The first-order chi connectivity index (χ1) is 16.2. The van der Waals surface area contributed by atoms with E-state index in [1.807, 2.05) is 24.3 Å². The maximum absolute atomic E-state index is 11.5. The zero-order chi connectivity index (χ0) is 25.0. The monoisotopic (exact) mass is 471 g/mol. The third kappa shape index (κ3) is 10.1. The van der Waals surface area contributed by atoms with Gasteiger partial charge in [0, 0.05) is 24.2 Å². The predicted molar refractivity (Wildman–Crippen MR) is 127 cm³/mol. The van der Waals surface area contributed by atoms with Crippen molar-refractivity contribution in [2.75, 3.05) is 26.7 Å². The number of hydrogen-bond donors (Lipinski definition) is 5. The summed E-state index contributed by atoms with van der Waals surface area (Å²) in [5, 5.41) is 23.5. The van der Waals surface area contributed by atoms with E-state index in [9.17, 15) is 19.5 Å². The normalized spacial score (nSPS) is 15.8. The summed E-state index contributed by atoms with van der Waals surface area (Å²) in [6.07, 6.45) is 3.40. The Hall–Kier alpha value is -3.27. The van der Waals surface area contributed by atoms with E-state index in [0.717, 1.165) is 25.7 Å². The van der Waals surface area contributed by atoms with Crippen LogP contribution in [0.1, 0.15) is 46.4 Å². The van der Waals surface area contributed by atoms with Crippen molar-refractivity contribution in [3.8, 4) is 0 Å². The molecule has 2 aromatic carbocycles. The Morgan fingerprint density at radius 3 is 1.62 bits per heavy atom. The summed E-state index contributed by atoms with van der Waals surface area (Å²) in [6, 6.07) is 17.7. The van der Waals surface area contributed by atoms with Crippen LogP contribution in [0.25, 0.3) is 0 Å². The van der Waals surface area contributed by atoms with Crippen LogP contribution < -0.4 is 16.4 Å². The lowest BCUT2D eigenvalue weighted by molar-refractivity contribution is -0.139. The van der Waals surface area contributed by atoms with E-state index in [2.05, 4.69) is 15.4 Å². The summed E-state index contributed by atoms with van der Waals surface area (Å²) >= 11 is 0. The standard InChI is InChI=1S/C11H13NO2.C10H11NO3.C4H9NO/c13-10(9-4-2-1-3-5-9)12-8-11(14)6-7-11;1-14-9(12)7-11-10(13)8-5-3-2-4-6-8;5-3-4(6)1-2-4/h1-5,14H,6-8H2,(H,12,13);2-6H,7H2,1H3,(H,11,13);6H,1-3,5H2. The highest BCUT2D eigenvalue weighted by Crippen LogP contribution is 2.34. The molecule has 0 saturated heterocycles. The summed E-state index contributed by atoms with van der Waals surface area (Å²) in [7, 11) is 1.27. The molecule has 0 aromatic heterocycles. The van der Waals surface area contributed by atoms with Crippen LogP contribution in [-0.4, -0.2) is 65.9 Å². The first-order valence-corrected chi connectivity index (χ1v) is 11.1. The van der Waals surface area contributed by atoms with E-state index in [-0.39, 0.29) is 18.4 Å². The maximum atomic E-state index is 11.5. The van der Waals surface area contributed by atoms with E-state index in [4.69, 9.17) is 10.8 Å². The second-order valence-electron chi connectivity index (χ2n) is 8.33.